The molecule has 0 atom stereocenters. The van der Waals surface area contributed by atoms with Crippen molar-refractivity contribution in [3.63, 3.8) is 0 Å². The molecule has 0 spiro atoms. The van der Waals surface area contributed by atoms with Gasteiger partial charge in [0.2, 0.25) is 0 Å². The molecule has 28 heavy (non-hydrogen) atoms. The minimum absolute atomic E-state index is 0.0188. The standard InChI is InChI=1S/C21H19ClN2O3S/c1-4-27-18-9-8-14(11-16(18)22)10-15-19(25)23-21(28)24(20(15)26)17-7-5-6-12(2)13(17)3/h5-11H,4H2,1-3H3,(H,23,25,28)/b15-10-. The Hall–Kier alpha value is -2.70. The van der Waals surface area contributed by atoms with Gasteiger partial charge < -0.3 is 4.74 Å². The van der Waals surface area contributed by atoms with Crippen molar-refractivity contribution in [3.05, 3.63) is 63.7 Å². The van der Waals surface area contributed by atoms with Gasteiger partial charge in [0.1, 0.15) is 11.3 Å². The second-order valence-electron chi connectivity index (χ2n) is 6.30. The Morgan fingerprint density at radius 2 is 1.96 bits per heavy atom. The minimum Gasteiger partial charge on any atom is -0.492 e. The van der Waals surface area contributed by atoms with E-state index in [1.54, 1.807) is 24.3 Å². The largest absolute Gasteiger partial charge is 0.492 e. The van der Waals surface area contributed by atoms with E-state index in [1.807, 2.05) is 32.9 Å². The molecular weight excluding hydrogens is 396 g/mol. The predicted molar refractivity (Wildman–Crippen MR) is 115 cm³/mol. The van der Waals surface area contributed by atoms with Gasteiger partial charge in [-0.1, -0.05) is 29.8 Å². The molecule has 2 amide bonds. The molecular formula is C21H19ClN2O3S. The van der Waals surface area contributed by atoms with Gasteiger partial charge >= 0.3 is 0 Å². The molecule has 0 saturated carbocycles. The molecule has 5 nitrogen and oxygen atoms in total. The molecule has 1 saturated heterocycles. The van der Waals surface area contributed by atoms with Crippen LogP contribution in [0, 0.1) is 13.8 Å². The number of nitrogens with one attached hydrogen (secondary N) is 1. The van der Waals surface area contributed by atoms with E-state index >= 15 is 0 Å². The van der Waals surface area contributed by atoms with Crippen molar-refractivity contribution in [2.45, 2.75) is 20.8 Å². The smallest absolute Gasteiger partial charge is 0.270 e. The van der Waals surface area contributed by atoms with Crippen LogP contribution in [-0.2, 0) is 9.59 Å². The van der Waals surface area contributed by atoms with E-state index in [4.69, 9.17) is 28.6 Å². The van der Waals surface area contributed by atoms with E-state index < -0.39 is 11.8 Å². The minimum atomic E-state index is -0.540. The summed E-state index contributed by atoms with van der Waals surface area (Å²) in [6.45, 7) is 6.21. The van der Waals surface area contributed by atoms with E-state index in [0.717, 1.165) is 11.1 Å². The highest BCUT2D eigenvalue weighted by molar-refractivity contribution is 7.80. The van der Waals surface area contributed by atoms with E-state index in [0.29, 0.717) is 28.6 Å². The Kier molecular flexibility index (Phi) is 5.82. The molecule has 1 N–H and O–H groups in total. The maximum absolute atomic E-state index is 13.1. The molecule has 2 aromatic rings. The number of nitrogens with zero attached hydrogens (tertiary/aromatic N) is 1. The van der Waals surface area contributed by atoms with Crippen molar-refractivity contribution < 1.29 is 14.3 Å². The molecule has 3 rings (SSSR count). The first-order valence-electron chi connectivity index (χ1n) is 8.73. The van der Waals surface area contributed by atoms with Crippen LogP contribution in [0.1, 0.15) is 23.6 Å². The lowest BCUT2D eigenvalue weighted by molar-refractivity contribution is -0.122. The van der Waals surface area contributed by atoms with Crippen molar-refractivity contribution in [1.82, 2.24) is 5.32 Å². The highest BCUT2D eigenvalue weighted by Gasteiger charge is 2.35. The van der Waals surface area contributed by atoms with Gasteiger partial charge in [-0.25, -0.2) is 0 Å². The zero-order valence-electron chi connectivity index (χ0n) is 15.7. The summed E-state index contributed by atoms with van der Waals surface area (Å²) in [5, 5.41) is 3.06. The first-order chi connectivity index (χ1) is 13.3. The van der Waals surface area contributed by atoms with Crippen LogP contribution in [0.3, 0.4) is 0 Å². The number of carbonyl (C=O) groups excluding carboxylic acids is 2. The quantitative estimate of drug-likeness (QED) is 0.463. The zero-order valence-corrected chi connectivity index (χ0v) is 17.3. The van der Waals surface area contributed by atoms with Crippen LogP contribution in [0.2, 0.25) is 5.02 Å². The Morgan fingerprint density at radius 1 is 1.21 bits per heavy atom. The number of thiocarbonyl (C=S) groups is 1. The van der Waals surface area contributed by atoms with E-state index in [1.165, 1.54) is 11.0 Å². The number of benzene rings is 2. The lowest BCUT2D eigenvalue weighted by Crippen LogP contribution is -2.54. The van der Waals surface area contributed by atoms with Gasteiger partial charge in [0.15, 0.2) is 5.11 Å². The highest BCUT2D eigenvalue weighted by atomic mass is 35.5. The number of ether oxygens (including phenoxy) is 1. The molecule has 0 aliphatic carbocycles. The third-order valence-electron chi connectivity index (χ3n) is 4.49. The van der Waals surface area contributed by atoms with Crippen LogP contribution in [0.4, 0.5) is 5.69 Å². The maximum atomic E-state index is 13.1. The number of anilines is 1. The van der Waals surface area contributed by atoms with Gasteiger partial charge in [-0.15, -0.1) is 0 Å². The summed E-state index contributed by atoms with van der Waals surface area (Å²) in [5.74, 6) is -0.474. The highest BCUT2D eigenvalue weighted by Crippen LogP contribution is 2.29. The first kappa shape index (κ1) is 20.0. The monoisotopic (exact) mass is 414 g/mol. The van der Waals surface area contributed by atoms with Crippen molar-refractivity contribution >= 4 is 52.5 Å². The number of carbonyl (C=O) groups is 2. The van der Waals surface area contributed by atoms with Crippen LogP contribution < -0.4 is 15.0 Å². The SMILES string of the molecule is CCOc1ccc(/C=C2/C(=O)NC(=S)N(c3cccc(C)c3C)C2=O)cc1Cl. The van der Waals surface area contributed by atoms with E-state index in [2.05, 4.69) is 5.32 Å². The molecule has 0 radical (unpaired) electrons. The van der Waals surface area contributed by atoms with Crippen LogP contribution in [0.15, 0.2) is 42.0 Å². The molecule has 144 valence electrons. The molecule has 2 aromatic carbocycles. The number of aryl methyl sites for hydroxylation is 1. The average molecular weight is 415 g/mol. The third-order valence-corrected chi connectivity index (χ3v) is 5.07. The topological polar surface area (TPSA) is 58.6 Å². The van der Waals surface area contributed by atoms with E-state index in [-0.39, 0.29) is 10.7 Å². The normalized spacial score (nSPS) is 15.8. The second kappa shape index (κ2) is 8.12. The van der Waals surface area contributed by atoms with Crippen LogP contribution in [-0.4, -0.2) is 23.5 Å². The zero-order chi connectivity index (χ0) is 20.4. The van der Waals surface area contributed by atoms with Crippen LogP contribution in [0.5, 0.6) is 5.75 Å². The fourth-order valence-corrected chi connectivity index (χ4v) is 3.42. The second-order valence-corrected chi connectivity index (χ2v) is 7.09. The Labute approximate surface area is 173 Å². The number of halogens is 1. The summed E-state index contributed by atoms with van der Waals surface area (Å²) >= 11 is 11.5. The predicted octanol–water partition coefficient (Wildman–Crippen LogP) is 4.19. The van der Waals surface area contributed by atoms with Crippen molar-refractivity contribution in [2.75, 3.05) is 11.5 Å². The molecule has 7 heteroatoms. The molecule has 1 fully saturated rings. The molecule has 0 bridgehead atoms. The summed E-state index contributed by atoms with van der Waals surface area (Å²) in [7, 11) is 0. The Morgan fingerprint density at radius 3 is 2.64 bits per heavy atom. The Bertz CT molecular complexity index is 1020. The fraction of sp³-hybridized carbons (Fsp3) is 0.190. The first-order valence-corrected chi connectivity index (χ1v) is 9.52. The summed E-state index contributed by atoms with van der Waals surface area (Å²) in [6, 6.07) is 10.7. The van der Waals surface area contributed by atoms with Gasteiger partial charge in [-0.05, 0) is 74.0 Å². The molecule has 0 unspecified atom stereocenters. The number of hydrogen-bond donors (Lipinski definition) is 1. The molecule has 1 aliphatic rings. The summed E-state index contributed by atoms with van der Waals surface area (Å²) < 4.78 is 5.41. The van der Waals surface area contributed by atoms with Crippen molar-refractivity contribution in [2.24, 2.45) is 0 Å². The van der Waals surface area contributed by atoms with Gasteiger partial charge in [-0.3, -0.25) is 19.8 Å². The van der Waals surface area contributed by atoms with Gasteiger partial charge in [-0.2, -0.15) is 0 Å². The lowest BCUT2D eigenvalue weighted by Gasteiger charge is -2.30. The summed E-state index contributed by atoms with van der Waals surface area (Å²) in [5.41, 5.74) is 3.17. The Balaban J connectivity index is 2.01. The summed E-state index contributed by atoms with van der Waals surface area (Å²) in [4.78, 5) is 26.9. The summed E-state index contributed by atoms with van der Waals surface area (Å²) in [6.07, 6.45) is 1.50. The number of hydrogen-bond acceptors (Lipinski definition) is 4. The van der Waals surface area contributed by atoms with Crippen molar-refractivity contribution in [1.29, 1.82) is 0 Å². The third kappa shape index (κ3) is 3.79. The van der Waals surface area contributed by atoms with Crippen LogP contribution in [0.25, 0.3) is 6.08 Å². The molecule has 1 heterocycles. The van der Waals surface area contributed by atoms with Crippen LogP contribution >= 0.6 is 23.8 Å². The number of amides is 2. The molecule has 1 aliphatic heterocycles. The van der Waals surface area contributed by atoms with Gasteiger partial charge in [0, 0.05) is 0 Å². The average Bonchev–Trinajstić information content (AvgIpc) is 2.64. The fourth-order valence-electron chi connectivity index (χ4n) is 2.90. The molecule has 0 aromatic heterocycles. The lowest BCUT2D eigenvalue weighted by atomic mass is 10.0. The maximum Gasteiger partial charge on any atom is 0.270 e. The van der Waals surface area contributed by atoms with Gasteiger partial charge in [0.05, 0.1) is 17.3 Å². The number of rotatable bonds is 4. The van der Waals surface area contributed by atoms with Gasteiger partial charge in [0.25, 0.3) is 11.8 Å². The van der Waals surface area contributed by atoms with Crippen molar-refractivity contribution in [3.8, 4) is 5.75 Å². The van der Waals surface area contributed by atoms with E-state index in [9.17, 15) is 9.59 Å².